The number of nitrogens with one attached hydrogen (secondary N) is 2. The summed E-state index contributed by atoms with van der Waals surface area (Å²) < 4.78 is 5.49. The highest BCUT2D eigenvalue weighted by Crippen LogP contribution is 2.28. The van der Waals surface area contributed by atoms with Crippen molar-refractivity contribution in [2.24, 2.45) is 10.9 Å². The molecule has 1 aliphatic carbocycles. The molecule has 0 heterocycles. The van der Waals surface area contributed by atoms with Crippen LogP contribution in [0.2, 0.25) is 5.02 Å². The van der Waals surface area contributed by atoms with Crippen LogP contribution in [0.3, 0.4) is 0 Å². The van der Waals surface area contributed by atoms with E-state index in [1.165, 1.54) is 12.8 Å². The number of aliphatic hydroxyl groups is 1. The van der Waals surface area contributed by atoms with Gasteiger partial charge in [0.1, 0.15) is 0 Å². The first-order valence-electron chi connectivity index (χ1n) is 8.19. The van der Waals surface area contributed by atoms with Gasteiger partial charge in [0.15, 0.2) is 5.96 Å². The van der Waals surface area contributed by atoms with Gasteiger partial charge in [0, 0.05) is 24.7 Å². The molecule has 1 atom stereocenters. The van der Waals surface area contributed by atoms with Crippen molar-refractivity contribution in [3.63, 3.8) is 0 Å². The number of aliphatic imine (C=N–C) groups is 1. The average molecular weight is 468 g/mol. The standard InChI is InChI=1S/C17H26ClN3O2.HI/c1-2-19-17(20-9-14-4-3-5-15(18)8-14)21-10-16(22)12-23-11-13-6-7-13;/h3-5,8,13,16,22H,2,6-7,9-12H2,1H3,(H2,19,20,21);1H. The summed E-state index contributed by atoms with van der Waals surface area (Å²) in [6.07, 6.45) is 1.98. The lowest BCUT2D eigenvalue weighted by Gasteiger charge is -2.15. The van der Waals surface area contributed by atoms with Gasteiger partial charge in [-0.05, 0) is 43.4 Å². The summed E-state index contributed by atoms with van der Waals surface area (Å²) in [6.45, 7) is 4.83. The van der Waals surface area contributed by atoms with Crippen LogP contribution in [0.4, 0.5) is 0 Å². The monoisotopic (exact) mass is 467 g/mol. The number of hydrogen-bond donors (Lipinski definition) is 3. The van der Waals surface area contributed by atoms with Gasteiger partial charge in [-0.15, -0.1) is 24.0 Å². The summed E-state index contributed by atoms with van der Waals surface area (Å²) in [6, 6.07) is 7.64. The average Bonchev–Trinajstić information content (AvgIpc) is 3.34. The summed E-state index contributed by atoms with van der Waals surface area (Å²) in [5.41, 5.74) is 1.04. The van der Waals surface area contributed by atoms with Gasteiger partial charge in [0.25, 0.3) is 0 Å². The molecule has 1 aromatic carbocycles. The first-order valence-corrected chi connectivity index (χ1v) is 8.57. The van der Waals surface area contributed by atoms with E-state index in [0.717, 1.165) is 18.7 Å². The molecule has 0 aromatic heterocycles. The maximum absolute atomic E-state index is 9.93. The highest BCUT2D eigenvalue weighted by atomic mass is 127. The topological polar surface area (TPSA) is 65.9 Å². The van der Waals surface area contributed by atoms with Crippen LogP contribution in [0.5, 0.6) is 0 Å². The molecule has 5 nitrogen and oxygen atoms in total. The second kappa shape index (κ2) is 11.9. The van der Waals surface area contributed by atoms with Crippen molar-refractivity contribution in [1.29, 1.82) is 0 Å². The Labute approximate surface area is 166 Å². The van der Waals surface area contributed by atoms with Crippen molar-refractivity contribution in [2.45, 2.75) is 32.4 Å². The second-order valence-electron chi connectivity index (χ2n) is 5.84. The first-order chi connectivity index (χ1) is 11.2. The van der Waals surface area contributed by atoms with Crippen molar-refractivity contribution in [1.82, 2.24) is 10.6 Å². The van der Waals surface area contributed by atoms with Crippen LogP contribution in [0.1, 0.15) is 25.3 Å². The maximum atomic E-state index is 9.93. The molecule has 0 radical (unpaired) electrons. The molecule has 0 aliphatic heterocycles. The van der Waals surface area contributed by atoms with E-state index in [1.807, 2.05) is 31.2 Å². The third-order valence-electron chi connectivity index (χ3n) is 3.52. The minimum Gasteiger partial charge on any atom is -0.389 e. The van der Waals surface area contributed by atoms with Crippen LogP contribution < -0.4 is 10.6 Å². The smallest absolute Gasteiger partial charge is 0.191 e. The van der Waals surface area contributed by atoms with Gasteiger partial charge in [-0.1, -0.05) is 23.7 Å². The maximum Gasteiger partial charge on any atom is 0.191 e. The van der Waals surface area contributed by atoms with Crippen LogP contribution in [0, 0.1) is 5.92 Å². The SMILES string of the molecule is CCNC(=NCc1cccc(Cl)c1)NCC(O)COCC1CC1.I. The Kier molecular flexibility index (Phi) is 10.6. The minimum atomic E-state index is -0.538. The minimum absolute atomic E-state index is 0. The fourth-order valence-corrected chi connectivity index (χ4v) is 2.29. The van der Waals surface area contributed by atoms with E-state index in [-0.39, 0.29) is 24.0 Å². The largest absolute Gasteiger partial charge is 0.389 e. The molecule has 7 heteroatoms. The van der Waals surface area contributed by atoms with E-state index >= 15 is 0 Å². The fraction of sp³-hybridized carbons (Fsp3) is 0.588. The molecule has 1 aromatic rings. The zero-order chi connectivity index (χ0) is 16.5. The zero-order valence-corrected chi connectivity index (χ0v) is 17.1. The molecule has 1 saturated carbocycles. The van der Waals surface area contributed by atoms with Crippen molar-refractivity contribution in [2.75, 3.05) is 26.3 Å². The predicted octanol–water partition coefficient (Wildman–Crippen LogP) is 2.80. The van der Waals surface area contributed by atoms with Crippen LogP contribution in [0.15, 0.2) is 29.3 Å². The number of aliphatic hydroxyl groups excluding tert-OH is 1. The summed E-state index contributed by atoms with van der Waals surface area (Å²) in [4.78, 5) is 4.50. The lowest BCUT2D eigenvalue weighted by Crippen LogP contribution is -2.42. The number of rotatable bonds is 9. The van der Waals surface area contributed by atoms with E-state index in [4.69, 9.17) is 16.3 Å². The molecule has 0 bridgehead atoms. The van der Waals surface area contributed by atoms with Crippen molar-refractivity contribution < 1.29 is 9.84 Å². The number of halogens is 2. The lowest BCUT2D eigenvalue weighted by molar-refractivity contribution is 0.0345. The van der Waals surface area contributed by atoms with Gasteiger partial charge in [-0.2, -0.15) is 0 Å². The summed E-state index contributed by atoms with van der Waals surface area (Å²) in [5, 5.41) is 16.9. The van der Waals surface area contributed by atoms with Gasteiger partial charge >= 0.3 is 0 Å². The van der Waals surface area contributed by atoms with E-state index < -0.39 is 6.10 Å². The number of hydrogen-bond acceptors (Lipinski definition) is 3. The number of guanidine groups is 1. The molecule has 1 aliphatic rings. The molecule has 0 saturated heterocycles. The molecule has 24 heavy (non-hydrogen) atoms. The van der Waals surface area contributed by atoms with Crippen LogP contribution in [-0.4, -0.2) is 43.5 Å². The van der Waals surface area contributed by atoms with E-state index in [0.29, 0.717) is 36.6 Å². The Bertz CT molecular complexity index is 512. The predicted molar refractivity (Wildman–Crippen MR) is 109 cm³/mol. The van der Waals surface area contributed by atoms with E-state index in [1.54, 1.807) is 0 Å². The normalized spacial score (nSPS) is 15.5. The van der Waals surface area contributed by atoms with Crippen LogP contribution in [-0.2, 0) is 11.3 Å². The third kappa shape index (κ3) is 9.05. The molecular formula is C17H27ClIN3O2. The molecular weight excluding hydrogens is 441 g/mol. The van der Waals surface area contributed by atoms with Crippen molar-refractivity contribution in [3.8, 4) is 0 Å². The van der Waals surface area contributed by atoms with Crippen LogP contribution in [0.25, 0.3) is 0 Å². The lowest BCUT2D eigenvalue weighted by atomic mass is 10.2. The molecule has 0 amide bonds. The Morgan fingerprint density at radius 1 is 1.42 bits per heavy atom. The van der Waals surface area contributed by atoms with E-state index in [2.05, 4.69) is 15.6 Å². The highest BCUT2D eigenvalue weighted by molar-refractivity contribution is 14.0. The number of benzene rings is 1. The first kappa shape index (κ1) is 21.5. The Morgan fingerprint density at radius 2 is 2.21 bits per heavy atom. The summed E-state index contributed by atoms with van der Waals surface area (Å²) >= 11 is 5.97. The van der Waals surface area contributed by atoms with E-state index in [9.17, 15) is 5.11 Å². The summed E-state index contributed by atoms with van der Waals surface area (Å²) in [5.74, 6) is 1.39. The van der Waals surface area contributed by atoms with Gasteiger partial charge < -0.3 is 20.5 Å². The number of ether oxygens (including phenoxy) is 1. The molecule has 3 N–H and O–H groups in total. The Morgan fingerprint density at radius 3 is 2.88 bits per heavy atom. The third-order valence-corrected chi connectivity index (χ3v) is 3.75. The van der Waals surface area contributed by atoms with Gasteiger partial charge in [0.2, 0.25) is 0 Å². The second-order valence-corrected chi connectivity index (χ2v) is 6.28. The van der Waals surface area contributed by atoms with Crippen LogP contribution >= 0.6 is 35.6 Å². The zero-order valence-electron chi connectivity index (χ0n) is 14.0. The molecule has 136 valence electrons. The number of nitrogens with zero attached hydrogens (tertiary/aromatic N) is 1. The molecule has 1 fully saturated rings. The molecule has 0 spiro atoms. The molecule has 1 unspecified atom stereocenters. The fourth-order valence-electron chi connectivity index (χ4n) is 2.08. The van der Waals surface area contributed by atoms with Gasteiger partial charge in [-0.25, -0.2) is 4.99 Å². The Hall–Kier alpha value is -0.570. The van der Waals surface area contributed by atoms with Crippen molar-refractivity contribution >= 4 is 41.5 Å². The Balaban J connectivity index is 0.00000288. The molecule has 2 rings (SSSR count). The quantitative estimate of drug-likeness (QED) is 0.297. The van der Waals surface area contributed by atoms with Gasteiger partial charge in [-0.3, -0.25) is 0 Å². The van der Waals surface area contributed by atoms with Gasteiger partial charge in [0.05, 0.1) is 19.3 Å². The highest BCUT2D eigenvalue weighted by Gasteiger charge is 2.21. The summed E-state index contributed by atoms with van der Waals surface area (Å²) in [7, 11) is 0. The van der Waals surface area contributed by atoms with Crippen molar-refractivity contribution in [3.05, 3.63) is 34.9 Å².